The minimum atomic E-state index is -0.629. The van der Waals surface area contributed by atoms with Gasteiger partial charge in [0.15, 0.2) is 6.61 Å². The zero-order valence-electron chi connectivity index (χ0n) is 11.4. The number of ether oxygens (including phenoxy) is 1. The van der Waals surface area contributed by atoms with Crippen LogP contribution in [0.15, 0.2) is 40.9 Å². The fourth-order valence-corrected chi connectivity index (χ4v) is 2.58. The number of amides is 1. The van der Waals surface area contributed by atoms with E-state index >= 15 is 0 Å². The summed E-state index contributed by atoms with van der Waals surface area (Å²) in [6.45, 7) is -0.294. The molecule has 0 bridgehead atoms. The van der Waals surface area contributed by atoms with E-state index in [-0.39, 0.29) is 23.0 Å². The molecule has 2 aromatic rings. The summed E-state index contributed by atoms with van der Waals surface area (Å²) in [7, 11) is 0. The maximum Gasteiger partial charge on any atom is 0.289 e. The monoisotopic (exact) mass is 418 g/mol. The Labute approximate surface area is 149 Å². The van der Waals surface area contributed by atoms with Crippen LogP contribution < -0.4 is 10.1 Å². The predicted molar refractivity (Wildman–Crippen MR) is 91.4 cm³/mol. The molecular formula is C14H9BrCl2N2O4. The molecule has 1 amide bonds. The number of carbonyl (C=O) groups excluding carboxylic acids is 1. The van der Waals surface area contributed by atoms with Crippen LogP contribution in [0.1, 0.15) is 0 Å². The minimum Gasteiger partial charge on any atom is -0.482 e. The molecule has 0 unspecified atom stereocenters. The third-order valence-corrected chi connectivity index (χ3v) is 3.79. The van der Waals surface area contributed by atoms with Crippen molar-refractivity contribution < 1.29 is 14.5 Å². The molecule has 2 rings (SSSR count). The zero-order valence-corrected chi connectivity index (χ0v) is 14.5. The third kappa shape index (κ3) is 4.82. The quantitative estimate of drug-likeness (QED) is 0.563. The van der Waals surface area contributed by atoms with Crippen molar-refractivity contribution in [3.05, 3.63) is 61.0 Å². The van der Waals surface area contributed by atoms with Crippen molar-refractivity contribution in [3.8, 4) is 5.75 Å². The number of anilines is 1. The average Bonchev–Trinajstić information content (AvgIpc) is 2.48. The summed E-state index contributed by atoms with van der Waals surface area (Å²) in [5.74, 6) is -0.132. The molecule has 0 atom stereocenters. The highest BCUT2D eigenvalue weighted by Crippen LogP contribution is 2.28. The first kappa shape index (κ1) is 17.5. The number of hydrogen-bond acceptors (Lipinski definition) is 4. The summed E-state index contributed by atoms with van der Waals surface area (Å²) >= 11 is 14.9. The highest BCUT2D eigenvalue weighted by atomic mass is 79.9. The van der Waals surface area contributed by atoms with Gasteiger partial charge in [0.05, 0.1) is 9.95 Å². The smallest absolute Gasteiger partial charge is 0.289 e. The van der Waals surface area contributed by atoms with Crippen LogP contribution in [0.5, 0.6) is 5.75 Å². The number of nitro groups is 1. The van der Waals surface area contributed by atoms with Crippen molar-refractivity contribution >= 4 is 56.4 Å². The number of rotatable bonds is 5. The second-order valence-corrected chi connectivity index (χ2v) is 6.06. The fraction of sp³-hybridized carbons (Fsp3) is 0.0714. The van der Waals surface area contributed by atoms with Crippen molar-refractivity contribution in [1.82, 2.24) is 0 Å². The predicted octanol–water partition coefficient (Wildman–Crippen LogP) is 4.68. The fourth-order valence-electron chi connectivity index (χ4n) is 1.66. The highest BCUT2D eigenvalue weighted by Gasteiger charge is 2.14. The van der Waals surface area contributed by atoms with E-state index in [1.165, 1.54) is 18.2 Å². The molecule has 0 aromatic heterocycles. The van der Waals surface area contributed by atoms with Gasteiger partial charge in [-0.2, -0.15) is 0 Å². The number of carbonyl (C=O) groups is 1. The Hall–Kier alpha value is -1.83. The Morgan fingerprint density at radius 1 is 1.22 bits per heavy atom. The Morgan fingerprint density at radius 3 is 2.61 bits per heavy atom. The van der Waals surface area contributed by atoms with Gasteiger partial charge in [-0.05, 0) is 30.3 Å². The molecule has 0 aliphatic heterocycles. The lowest BCUT2D eigenvalue weighted by molar-refractivity contribution is -0.384. The third-order valence-electron chi connectivity index (χ3n) is 2.68. The maximum absolute atomic E-state index is 11.8. The molecular weight excluding hydrogens is 411 g/mol. The molecule has 0 aliphatic rings. The van der Waals surface area contributed by atoms with Crippen LogP contribution in [0.25, 0.3) is 0 Å². The first-order valence-corrected chi connectivity index (χ1v) is 7.73. The molecule has 0 saturated heterocycles. The highest BCUT2D eigenvalue weighted by molar-refractivity contribution is 9.10. The van der Waals surface area contributed by atoms with Crippen LogP contribution in [-0.4, -0.2) is 17.4 Å². The first-order valence-electron chi connectivity index (χ1n) is 6.18. The number of nitrogens with zero attached hydrogens (tertiary/aromatic N) is 1. The summed E-state index contributed by atoms with van der Waals surface area (Å²) in [6.07, 6.45) is 0. The SMILES string of the molecule is O=C(COc1ccc(Br)cc1Cl)Nc1ccc(Cl)c([N+](=O)[O-])c1. The lowest BCUT2D eigenvalue weighted by atomic mass is 10.3. The Morgan fingerprint density at radius 2 is 1.96 bits per heavy atom. The number of nitrogens with one attached hydrogen (secondary N) is 1. The summed E-state index contributed by atoms with van der Waals surface area (Å²) in [5, 5.41) is 13.6. The van der Waals surface area contributed by atoms with Crippen LogP contribution in [0.4, 0.5) is 11.4 Å². The molecule has 1 N–H and O–H groups in total. The molecule has 0 fully saturated rings. The molecule has 2 aromatic carbocycles. The molecule has 6 nitrogen and oxygen atoms in total. The normalized spacial score (nSPS) is 10.2. The van der Waals surface area contributed by atoms with Gasteiger partial charge >= 0.3 is 0 Å². The minimum absolute atomic E-state index is 0.00843. The number of halogens is 3. The van der Waals surface area contributed by atoms with E-state index < -0.39 is 10.8 Å². The van der Waals surface area contributed by atoms with E-state index in [2.05, 4.69) is 21.2 Å². The second kappa shape index (κ2) is 7.63. The van der Waals surface area contributed by atoms with Crippen LogP contribution in [0, 0.1) is 10.1 Å². The number of hydrogen-bond donors (Lipinski definition) is 1. The second-order valence-electron chi connectivity index (χ2n) is 4.33. The van der Waals surface area contributed by atoms with Gasteiger partial charge in [0.1, 0.15) is 10.8 Å². The van der Waals surface area contributed by atoms with Gasteiger partial charge in [0, 0.05) is 16.2 Å². The molecule has 0 radical (unpaired) electrons. The molecule has 0 saturated carbocycles. The van der Waals surface area contributed by atoms with E-state index in [9.17, 15) is 14.9 Å². The molecule has 23 heavy (non-hydrogen) atoms. The van der Waals surface area contributed by atoms with E-state index in [4.69, 9.17) is 27.9 Å². The maximum atomic E-state index is 11.8. The Bertz CT molecular complexity index is 770. The van der Waals surface area contributed by atoms with Gasteiger partial charge in [-0.3, -0.25) is 14.9 Å². The summed E-state index contributed by atoms with van der Waals surface area (Å²) in [4.78, 5) is 22.0. The lowest BCUT2D eigenvalue weighted by Crippen LogP contribution is -2.20. The zero-order chi connectivity index (χ0) is 17.0. The summed E-state index contributed by atoms with van der Waals surface area (Å²) in [6, 6.07) is 8.94. The van der Waals surface area contributed by atoms with E-state index in [0.29, 0.717) is 10.8 Å². The number of nitro benzene ring substituents is 1. The first-order chi connectivity index (χ1) is 10.9. The van der Waals surface area contributed by atoms with Gasteiger partial charge in [0.25, 0.3) is 11.6 Å². The van der Waals surface area contributed by atoms with E-state index in [1.807, 2.05) is 0 Å². The van der Waals surface area contributed by atoms with Crippen molar-refractivity contribution in [2.45, 2.75) is 0 Å². The summed E-state index contributed by atoms with van der Waals surface area (Å²) < 4.78 is 6.09. The average molecular weight is 420 g/mol. The molecule has 0 aliphatic carbocycles. The largest absolute Gasteiger partial charge is 0.482 e. The number of benzene rings is 2. The molecule has 9 heteroatoms. The van der Waals surface area contributed by atoms with Gasteiger partial charge in [-0.15, -0.1) is 0 Å². The van der Waals surface area contributed by atoms with Crippen molar-refractivity contribution in [1.29, 1.82) is 0 Å². The van der Waals surface area contributed by atoms with Crippen molar-refractivity contribution in [2.75, 3.05) is 11.9 Å². The van der Waals surface area contributed by atoms with Crippen LogP contribution >= 0.6 is 39.1 Å². The van der Waals surface area contributed by atoms with Crippen molar-refractivity contribution in [3.63, 3.8) is 0 Å². The van der Waals surface area contributed by atoms with Gasteiger partial charge < -0.3 is 10.1 Å². The van der Waals surface area contributed by atoms with E-state index in [1.54, 1.807) is 18.2 Å². The van der Waals surface area contributed by atoms with Crippen LogP contribution in [-0.2, 0) is 4.79 Å². The molecule has 0 spiro atoms. The summed E-state index contributed by atoms with van der Waals surface area (Å²) in [5.41, 5.74) is -0.0436. The van der Waals surface area contributed by atoms with Gasteiger partial charge in [0.2, 0.25) is 0 Å². The Balaban J connectivity index is 2.00. The lowest BCUT2D eigenvalue weighted by Gasteiger charge is -2.09. The molecule has 120 valence electrons. The Kier molecular flexibility index (Phi) is 5.81. The van der Waals surface area contributed by atoms with Gasteiger partial charge in [-0.1, -0.05) is 39.1 Å². The van der Waals surface area contributed by atoms with Gasteiger partial charge in [-0.25, -0.2) is 0 Å². The van der Waals surface area contributed by atoms with Crippen molar-refractivity contribution in [2.24, 2.45) is 0 Å². The van der Waals surface area contributed by atoms with Crippen LogP contribution in [0.2, 0.25) is 10.0 Å². The topological polar surface area (TPSA) is 81.5 Å². The van der Waals surface area contributed by atoms with Crippen LogP contribution in [0.3, 0.4) is 0 Å². The van der Waals surface area contributed by atoms with E-state index in [0.717, 1.165) is 4.47 Å². The molecule has 0 heterocycles. The standard InChI is InChI=1S/C14H9BrCl2N2O4/c15-8-1-4-13(11(17)5-8)23-7-14(20)18-9-2-3-10(16)12(6-9)19(21)22/h1-6H,7H2,(H,18,20).